The van der Waals surface area contributed by atoms with E-state index in [0.717, 1.165) is 16.8 Å². The van der Waals surface area contributed by atoms with Gasteiger partial charge in [-0.3, -0.25) is 19.7 Å². The zero-order valence-corrected chi connectivity index (χ0v) is 19.5. The predicted octanol–water partition coefficient (Wildman–Crippen LogP) is 2.29. The van der Waals surface area contributed by atoms with Crippen LogP contribution in [0.3, 0.4) is 0 Å². The Morgan fingerprint density at radius 3 is 2.63 bits per heavy atom. The van der Waals surface area contributed by atoms with Crippen LogP contribution in [0.15, 0.2) is 47.5 Å². The highest BCUT2D eigenvalue weighted by molar-refractivity contribution is 6.05. The first-order chi connectivity index (χ1) is 16.9. The Morgan fingerprint density at radius 2 is 1.89 bits per heavy atom. The van der Waals surface area contributed by atoms with Crippen molar-refractivity contribution in [3.05, 3.63) is 53.6 Å². The highest BCUT2D eigenvalue weighted by Gasteiger charge is 2.29. The summed E-state index contributed by atoms with van der Waals surface area (Å²) >= 11 is 0. The van der Waals surface area contributed by atoms with E-state index in [9.17, 15) is 19.5 Å². The maximum Gasteiger partial charge on any atom is 0.323 e. The minimum absolute atomic E-state index is 0.0616. The average Bonchev–Trinajstić information content (AvgIpc) is 3.20. The zero-order valence-electron chi connectivity index (χ0n) is 19.5. The number of carbonyl (C=O) groups is 3. The van der Waals surface area contributed by atoms with E-state index in [-0.39, 0.29) is 31.3 Å². The fourth-order valence-electron chi connectivity index (χ4n) is 4.00. The second kappa shape index (κ2) is 10.9. The number of ether oxygens (including phenoxy) is 2. The number of carbonyl (C=O) groups excluding carboxylic acids is 2. The van der Waals surface area contributed by atoms with E-state index in [1.54, 1.807) is 19.2 Å². The van der Waals surface area contributed by atoms with E-state index >= 15 is 0 Å². The molecule has 2 amide bonds. The van der Waals surface area contributed by atoms with E-state index < -0.39 is 5.97 Å². The third kappa shape index (κ3) is 6.28. The Morgan fingerprint density at radius 1 is 1.11 bits per heavy atom. The molecule has 0 radical (unpaired) electrons. The molecule has 0 atom stereocenters. The molecule has 0 saturated carbocycles. The summed E-state index contributed by atoms with van der Waals surface area (Å²) < 4.78 is 11.0. The molecule has 0 spiro atoms. The molecule has 2 aromatic rings. The van der Waals surface area contributed by atoms with Gasteiger partial charge in [-0.15, -0.1) is 0 Å². The van der Waals surface area contributed by atoms with Crippen LogP contribution in [0, 0.1) is 0 Å². The fraction of sp³-hybridized carbons (Fsp3) is 0.360. The van der Waals surface area contributed by atoms with Crippen molar-refractivity contribution in [2.24, 2.45) is 4.99 Å². The summed E-state index contributed by atoms with van der Waals surface area (Å²) in [6.45, 7) is 1.20. The van der Waals surface area contributed by atoms with Gasteiger partial charge >= 0.3 is 5.97 Å². The lowest BCUT2D eigenvalue weighted by Crippen LogP contribution is -2.35. The first-order valence-corrected chi connectivity index (χ1v) is 11.4. The summed E-state index contributed by atoms with van der Waals surface area (Å²) in [7, 11) is 1.57. The van der Waals surface area contributed by atoms with E-state index in [1.807, 2.05) is 35.2 Å². The van der Waals surface area contributed by atoms with E-state index in [4.69, 9.17) is 9.47 Å². The molecule has 184 valence electrons. The first kappa shape index (κ1) is 24.1. The van der Waals surface area contributed by atoms with Gasteiger partial charge in [-0.05, 0) is 48.7 Å². The molecular weight excluding hydrogens is 452 g/mol. The number of amides is 2. The van der Waals surface area contributed by atoms with Gasteiger partial charge < -0.3 is 24.4 Å². The van der Waals surface area contributed by atoms with Crippen LogP contribution < -0.4 is 14.8 Å². The van der Waals surface area contributed by atoms with Gasteiger partial charge in [0.15, 0.2) is 0 Å². The lowest BCUT2D eigenvalue weighted by atomic mass is 10.1. The summed E-state index contributed by atoms with van der Waals surface area (Å²) in [4.78, 5) is 43.2. The Hall–Kier alpha value is -4.08. The second-order valence-corrected chi connectivity index (χ2v) is 8.43. The van der Waals surface area contributed by atoms with Gasteiger partial charge in [-0.2, -0.15) is 0 Å². The van der Waals surface area contributed by atoms with Crippen LogP contribution in [0.5, 0.6) is 11.5 Å². The SMILES string of the molecule is COc1ccc(CN(CC(=O)O)C(=O)CCCCOc2ccc3c(c2)CN2CC(=O)NC2=N3)cc1. The Labute approximate surface area is 203 Å². The largest absolute Gasteiger partial charge is 0.497 e. The fourth-order valence-corrected chi connectivity index (χ4v) is 4.00. The lowest BCUT2D eigenvalue weighted by Gasteiger charge is -2.23. The monoisotopic (exact) mass is 480 g/mol. The smallest absolute Gasteiger partial charge is 0.323 e. The number of benzene rings is 2. The summed E-state index contributed by atoms with van der Waals surface area (Å²) in [5.74, 6) is 0.675. The van der Waals surface area contributed by atoms with Crippen LogP contribution in [0.2, 0.25) is 0 Å². The van der Waals surface area contributed by atoms with Crippen LogP contribution in [0.25, 0.3) is 0 Å². The number of nitrogens with one attached hydrogen (secondary N) is 1. The molecule has 10 heteroatoms. The van der Waals surface area contributed by atoms with Crippen LogP contribution >= 0.6 is 0 Å². The molecule has 0 aromatic heterocycles. The molecule has 0 bridgehead atoms. The molecule has 4 rings (SSSR count). The van der Waals surface area contributed by atoms with Crippen LogP contribution in [0.1, 0.15) is 30.4 Å². The minimum Gasteiger partial charge on any atom is -0.497 e. The molecule has 2 heterocycles. The number of aliphatic imine (C=N–C) groups is 1. The van der Waals surface area contributed by atoms with Crippen molar-refractivity contribution in [1.29, 1.82) is 0 Å². The maximum absolute atomic E-state index is 12.7. The van der Waals surface area contributed by atoms with Crippen molar-refractivity contribution in [2.75, 3.05) is 26.8 Å². The summed E-state index contributed by atoms with van der Waals surface area (Å²) in [5, 5.41) is 12.0. The highest BCUT2D eigenvalue weighted by Crippen LogP contribution is 2.30. The third-order valence-electron chi connectivity index (χ3n) is 5.79. The Kier molecular flexibility index (Phi) is 7.49. The molecule has 1 saturated heterocycles. The second-order valence-electron chi connectivity index (χ2n) is 8.43. The average molecular weight is 481 g/mol. The third-order valence-corrected chi connectivity index (χ3v) is 5.79. The van der Waals surface area contributed by atoms with Crippen molar-refractivity contribution in [3.63, 3.8) is 0 Å². The highest BCUT2D eigenvalue weighted by atomic mass is 16.5. The summed E-state index contributed by atoms with van der Waals surface area (Å²) in [5.41, 5.74) is 2.63. The molecule has 1 fully saturated rings. The Balaban J connectivity index is 1.23. The van der Waals surface area contributed by atoms with Crippen LogP contribution in [-0.4, -0.2) is 65.5 Å². The number of fused-ring (bicyclic) bond motifs is 2. The normalized spacial score (nSPS) is 13.9. The molecule has 0 unspecified atom stereocenters. The number of carboxylic acid groups (broad SMARTS) is 1. The predicted molar refractivity (Wildman–Crippen MR) is 127 cm³/mol. The quantitative estimate of drug-likeness (QED) is 0.474. The van der Waals surface area contributed by atoms with Crippen LogP contribution in [0.4, 0.5) is 5.69 Å². The minimum atomic E-state index is -1.05. The van der Waals surface area contributed by atoms with E-state index in [0.29, 0.717) is 50.0 Å². The van der Waals surface area contributed by atoms with Crippen molar-refractivity contribution in [3.8, 4) is 11.5 Å². The number of hydrogen-bond donors (Lipinski definition) is 2. The number of hydrogen-bond acceptors (Lipinski definition) is 7. The Bertz CT molecular complexity index is 1130. The van der Waals surface area contributed by atoms with E-state index in [2.05, 4.69) is 10.3 Å². The van der Waals surface area contributed by atoms with Gasteiger partial charge in [-0.25, -0.2) is 4.99 Å². The standard InChI is InChI=1S/C25H28N4O6/c1-34-19-7-5-17(6-8-19)13-28(16-24(32)33)23(31)4-2-3-11-35-20-9-10-21-18(12-20)14-29-15-22(30)27-25(29)26-21/h5-10,12H,2-4,11,13-16H2,1H3,(H,32,33)(H,26,27,30). The van der Waals surface area contributed by atoms with Gasteiger partial charge in [-0.1, -0.05) is 12.1 Å². The first-order valence-electron chi connectivity index (χ1n) is 11.4. The van der Waals surface area contributed by atoms with Gasteiger partial charge in [0.1, 0.15) is 24.6 Å². The van der Waals surface area contributed by atoms with Crippen LogP contribution in [-0.2, 0) is 27.5 Å². The van der Waals surface area contributed by atoms with Crippen molar-refractivity contribution < 1.29 is 29.0 Å². The van der Waals surface area contributed by atoms with Gasteiger partial charge in [0.2, 0.25) is 17.8 Å². The number of rotatable bonds is 11. The molecule has 0 aliphatic carbocycles. The van der Waals surface area contributed by atoms with E-state index in [1.165, 1.54) is 4.90 Å². The summed E-state index contributed by atoms with van der Waals surface area (Å²) in [6, 6.07) is 12.8. The zero-order chi connectivity index (χ0) is 24.8. The molecule has 2 aliphatic heterocycles. The van der Waals surface area contributed by atoms with Gasteiger partial charge in [0.05, 0.1) is 19.4 Å². The van der Waals surface area contributed by atoms with Gasteiger partial charge in [0, 0.05) is 25.1 Å². The molecule has 10 nitrogen and oxygen atoms in total. The number of carboxylic acids is 1. The number of guanidine groups is 1. The van der Waals surface area contributed by atoms with Crippen molar-refractivity contribution >= 4 is 29.4 Å². The van der Waals surface area contributed by atoms with Crippen molar-refractivity contribution in [2.45, 2.75) is 32.4 Å². The number of unbranched alkanes of at least 4 members (excludes halogenated alkanes) is 1. The molecular formula is C25H28N4O6. The molecule has 2 N–H and O–H groups in total. The molecule has 2 aliphatic rings. The molecule has 2 aromatic carbocycles. The number of methoxy groups -OCH3 is 1. The van der Waals surface area contributed by atoms with Crippen molar-refractivity contribution in [1.82, 2.24) is 15.1 Å². The number of nitrogens with zero attached hydrogens (tertiary/aromatic N) is 3. The topological polar surface area (TPSA) is 121 Å². The molecule has 35 heavy (non-hydrogen) atoms. The van der Waals surface area contributed by atoms with Gasteiger partial charge in [0.25, 0.3) is 0 Å². The lowest BCUT2D eigenvalue weighted by molar-refractivity contribution is -0.145. The number of aliphatic carboxylic acids is 1. The maximum atomic E-state index is 12.7. The summed E-state index contributed by atoms with van der Waals surface area (Å²) in [6.07, 6.45) is 1.47.